The molecule has 4 aromatic rings. The van der Waals surface area contributed by atoms with Gasteiger partial charge in [-0.25, -0.2) is 4.79 Å². The number of para-hydroxylation sites is 1. The first kappa shape index (κ1) is 15.8. The van der Waals surface area contributed by atoms with Crippen LogP contribution in [0.1, 0.15) is 16.4 Å². The van der Waals surface area contributed by atoms with Gasteiger partial charge in [-0.05, 0) is 12.1 Å². The van der Waals surface area contributed by atoms with E-state index in [1.165, 1.54) is 0 Å². The van der Waals surface area contributed by atoms with Crippen LogP contribution in [0.15, 0.2) is 74.4 Å². The Hall–Kier alpha value is -3.74. The van der Waals surface area contributed by atoms with Crippen LogP contribution in [0.25, 0.3) is 22.4 Å². The highest BCUT2D eigenvalue weighted by Gasteiger charge is 2.16. The van der Waals surface area contributed by atoms with Crippen LogP contribution < -0.4 is 5.43 Å². The summed E-state index contributed by atoms with van der Waals surface area (Å²) in [6, 6.07) is 17.0. The van der Waals surface area contributed by atoms with Gasteiger partial charge in [0, 0.05) is 11.6 Å². The zero-order chi connectivity index (χ0) is 17.9. The zero-order valence-corrected chi connectivity index (χ0v) is 13.4. The smallest absolute Gasteiger partial charge is 0.374 e. The van der Waals surface area contributed by atoms with Crippen LogP contribution in [0.3, 0.4) is 0 Å². The van der Waals surface area contributed by atoms with Crippen LogP contribution in [0, 0.1) is 0 Å². The minimum absolute atomic E-state index is 0.139. The van der Waals surface area contributed by atoms with Gasteiger partial charge in [-0.15, -0.1) is 0 Å². The highest BCUT2D eigenvalue weighted by molar-refractivity contribution is 5.88. The van der Waals surface area contributed by atoms with Crippen molar-refractivity contribution in [3.63, 3.8) is 0 Å². The van der Waals surface area contributed by atoms with Crippen LogP contribution in [-0.2, 0) is 11.3 Å². The molecule has 128 valence electrons. The molecule has 0 unspecified atom stereocenters. The van der Waals surface area contributed by atoms with Crippen molar-refractivity contribution in [1.29, 1.82) is 0 Å². The van der Waals surface area contributed by atoms with Crippen molar-refractivity contribution < 1.29 is 18.5 Å². The minimum Gasteiger partial charge on any atom is -0.450 e. The van der Waals surface area contributed by atoms with Crippen molar-refractivity contribution >= 4 is 16.9 Å². The molecule has 0 atom stereocenters. The monoisotopic (exact) mass is 348 g/mol. The lowest BCUT2D eigenvalue weighted by atomic mass is 10.2. The van der Waals surface area contributed by atoms with Crippen LogP contribution in [-0.4, -0.2) is 16.1 Å². The van der Waals surface area contributed by atoms with E-state index in [-0.39, 0.29) is 23.7 Å². The number of rotatable bonds is 4. The Kier molecular flexibility index (Phi) is 4.03. The third kappa shape index (κ3) is 3.10. The molecule has 0 N–H and O–H groups in total. The van der Waals surface area contributed by atoms with Gasteiger partial charge in [0.2, 0.25) is 11.6 Å². The maximum atomic E-state index is 12.1. The predicted octanol–water partition coefficient (Wildman–Crippen LogP) is 3.20. The molecule has 0 aliphatic heterocycles. The third-order valence-electron chi connectivity index (χ3n) is 3.66. The van der Waals surface area contributed by atoms with E-state index in [9.17, 15) is 9.59 Å². The van der Waals surface area contributed by atoms with E-state index in [0.717, 1.165) is 11.6 Å². The fourth-order valence-electron chi connectivity index (χ4n) is 2.42. The number of hydrogen-bond acceptors (Lipinski definition) is 7. The van der Waals surface area contributed by atoms with E-state index in [1.54, 1.807) is 24.3 Å². The minimum atomic E-state index is -0.785. The van der Waals surface area contributed by atoms with Gasteiger partial charge in [0.1, 0.15) is 5.58 Å². The number of aromatic nitrogens is 2. The third-order valence-corrected chi connectivity index (χ3v) is 3.66. The molecule has 0 aliphatic rings. The first-order valence-electron chi connectivity index (χ1n) is 7.79. The van der Waals surface area contributed by atoms with Crippen molar-refractivity contribution in [2.45, 2.75) is 6.61 Å². The molecular weight excluding hydrogens is 336 g/mol. The SMILES string of the molecule is O=C(OCc1nc(-c2ccccc2)no1)c1cc(=O)c2ccccc2o1. The summed E-state index contributed by atoms with van der Waals surface area (Å²) in [6.45, 7) is -0.227. The summed E-state index contributed by atoms with van der Waals surface area (Å²) in [7, 11) is 0. The van der Waals surface area contributed by atoms with E-state index in [2.05, 4.69) is 10.1 Å². The van der Waals surface area contributed by atoms with E-state index >= 15 is 0 Å². The summed E-state index contributed by atoms with van der Waals surface area (Å²) < 4.78 is 15.6. The second-order valence-corrected chi connectivity index (χ2v) is 5.42. The topological polar surface area (TPSA) is 95.4 Å². The Balaban J connectivity index is 1.49. The molecule has 0 bridgehead atoms. The number of nitrogens with zero attached hydrogens (tertiary/aromatic N) is 2. The van der Waals surface area contributed by atoms with Gasteiger partial charge < -0.3 is 13.7 Å². The lowest BCUT2D eigenvalue weighted by Crippen LogP contribution is -2.10. The molecule has 0 saturated carbocycles. The molecular formula is C19H12N2O5. The average Bonchev–Trinajstić information content (AvgIpc) is 3.16. The molecule has 2 aromatic carbocycles. The molecule has 0 spiro atoms. The molecule has 2 aromatic heterocycles. The maximum absolute atomic E-state index is 12.1. The molecule has 26 heavy (non-hydrogen) atoms. The number of esters is 1. The predicted molar refractivity (Wildman–Crippen MR) is 91.3 cm³/mol. The molecule has 7 nitrogen and oxygen atoms in total. The van der Waals surface area contributed by atoms with Crippen LogP contribution >= 0.6 is 0 Å². The number of carbonyl (C=O) groups excluding carboxylic acids is 1. The van der Waals surface area contributed by atoms with Crippen molar-refractivity contribution in [1.82, 2.24) is 10.1 Å². The second kappa shape index (κ2) is 6.64. The molecule has 0 aliphatic carbocycles. The second-order valence-electron chi connectivity index (χ2n) is 5.42. The first-order valence-corrected chi connectivity index (χ1v) is 7.79. The van der Waals surface area contributed by atoms with E-state index in [4.69, 9.17) is 13.7 Å². The summed E-state index contributed by atoms with van der Waals surface area (Å²) in [5, 5.41) is 4.24. The first-order chi connectivity index (χ1) is 12.7. The molecule has 7 heteroatoms. The zero-order valence-electron chi connectivity index (χ0n) is 13.4. The maximum Gasteiger partial charge on any atom is 0.374 e. The van der Waals surface area contributed by atoms with Gasteiger partial charge in [0.25, 0.3) is 5.89 Å². The fourth-order valence-corrected chi connectivity index (χ4v) is 2.42. The highest BCUT2D eigenvalue weighted by atomic mass is 16.6. The molecule has 4 rings (SSSR count). The number of fused-ring (bicyclic) bond motifs is 1. The molecule has 0 radical (unpaired) electrons. The van der Waals surface area contributed by atoms with Gasteiger partial charge in [-0.1, -0.05) is 47.6 Å². The summed E-state index contributed by atoms with van der Waals surface area (Å²) in [5.41, 5.74) is 0.786. The molecule has 0 saturated heterocycles. The summed E-state index contributed by atoms with van der Waals surface area (Å²) >= 11 is 0. The Bertz CT molecular complexity index is 1130. The lowest BCUT2D eigenvalue weighted by molar-refractivity contribution is 0.0394. The number of ether oxygens (including phenoxy) is 1. The van der Waals surface area contributed by atoms with Gasteiger partial charge in [-0.3, -0.25) is 4.79 Å². The van der Waals surface area contributed by atoms with Crippen LogP contribution in [0.2, 0.25) is 0 Å². The quantitative estimate of drug-likeness (QED) is 0.523. The number of carbonyl (C=O) groups is 1. The van der Waals surface area contributed by atoms with Crippen molar-refractivity contribution in [3.05, 3.63) is 82.5 Å². The Morgan fingerprint density at radius 3 is 2.65 bits per heavy atom. The van der Waals surface area contributed by atoms with Gasteiger partial charge >= 0.3 is 5.97 Å². The van der Waals surface area contributed by atoms with Crippen molar-refractivity contribution in [2.24, 2.45) is 0 Å². The van der Waals surface area contributed by atoms with Gasteiger partial charge in [0.15, 0.2) is 12.0 Å². The summed E-state index contributed by atoms with van der Waals surface area (Å²) in [6.07, 6.45) is 0. The lowest BCUT2D eigenvalue weighted by Gasteiger charge is -2.02. The van der Waals surface area contributed by atoms with Crippen molar-refractivity contribution in [2.75, 3.05) is 0 Å². The molecule has 2 heterocycles. The molecule has 0 amide bonds. The Morgan fingerprint density at radius 1 is 1.04 bits per heavy atom. The largest absolute Gasteiger partial charge is 0.450 e. The van der Waals surface area contributed by atoms with Crippen LogP contribution in [0.5, 0.6) is 0 Å². The van der Waals surface area contributed by atoms with Crippen molar-refractivity contribution in [3.8, 4) is 11.4 Å². The standard InChI is InChI=1S/C19H12N2O5/c22-14-10-16(25-15-9-5-4-8-13(14)15)19(23)24-11-17-20-18(21-26-17)12-6-2-1-3-7-12/h1-10H,11H2. The molecule has 0 fully saturated rings. The normalized spacial score (nSPS) is 10.8. The van der Waals surface area contributed by atoms with Crippen LogP contribution in [0.4, 0.5) is 0 Å². The number of hydrogen-bond donors (Lipinski definition) is 0. The van der Waals surface area contributed by atoms with E-state index in [1.807, 2.05) is 30.3 Å². The summed E-state index contributed by atoms with van der Waals surface area (Å²) in [5.74, 6) is -0.432. The highest BCUT2D eigenvalue weighted by Crippen LogP contribution is 2.16. The van der Waals surface area contributed by atoms with Gasteiger partial charge in [-0.2, -0.15) is 4.98 Å². The van der Waals surface area contributed by atoms with E-state index < -0.39 is 5.97 Å². The average molecular weight is 348 g/mol. The summed E-state index contributed by atoms with van der Waals surface area (Å²) in [4.78, 5) is 28.3. The Labute approximate surface area is 146 Å². The number of benzene rings is 2. The fraction of sp³-hybridized carbons (Fsp3) is 0.0526. The van der Waals surface area contributed by atoms with E-state index in [0.29, 0.717) is 16.8 Å². The van der Waals surface area contributed by atoms with Gasteiger partial charge in [0.05, 0.1) is 5.39 Å². The Morgan fingerprint density at radius 2 is 1.81 bits per heavy atom.